The first kappa shape index (κ1) is 6.24. The lowest BCUT2D eigenvalue weighted by molar-refractivity contribution is 1.38. The zero-order chi connectivity index (χ0) is 9.42. The molecule has 0 nitrogen and oxygen atoms in total. The number of hydrogen-bond acceptors (Lipinski definition) is 0. The van der Waals surface area contributed by atoms with Crippen LogP contribution in [0.25, 0.3) is 10.8 Å². The summed E-state index contributed by atoms with van der Waals surface area (Å²) in [4.78, 5) is 0. The molecule has 0 amide bonds. The third-order valence-electron chi connectivity index (χ3n) is 2.37. The molecule has 0 bridgehead atoms. The molecule has 0 radical (unpaired) electrons. The normalized spacial score (nSPS) is 11.7. The van der Waals surface area contributed by atoms with Gasteiger partial charge < -0.3 is 0 Å². The van der Waals surface area contributed by atoms with E-state index in [9.17, 15) is 0 Å². The maximum absolute atomic E-state index is 7.74. The van der Waals surface area contributed by atoms with E-state index in [0.717, 1.165) is 10.9 Å². The maximum atomic E-state index is 7.74. The summed E-state index contributed by atoms with van der Waals surface area (Å²) in [6, 6.07) is 10.8. The molecule has 0 heteroatoms. The average molecular weight is 157 g/mol. The van der Waals surface area contributed by atoms with E-state index in [1.807, 2.05) is 25.1 Å². The van der Waals surface area contributed by atoms with Crippen LogP contribution in [-0.4, -0.2) is 0 Å². The van der Waals surface area contributed by atoms with Crippen LogP contribution in [-0.2, 0) is 0 Å². The van der Waals surface area contributed by atoms with Crippen molar-refractivity contribution in [2.75, 3.05) is 0 Å². The lowest BCUT2D eigenvalue weighted by Gasteiger charge is -2.04. The minimum atomic E-state index is 0.635. The molecule has 0 saturated carbocycles. The van der Waals surface area contributed by atoms with Gasteiger partial charge in [0.1, 0.15) is 0 Å². The maximum Gasteiger partial charge on any atom is 0.0626 e. The Hall–Kier alpha value is -1.30. The molecule has 0 heterocycles. The fourth-order valence-electron chi connectivity index (χ4n) is 1.46. The van der Waals surface area contributed by atoms with Crippen molar-refractivity contribution >= 4 is 10.8 Å². The second kappa shape index (κ2) is 2.63. The molecule has 60 valence electrons. The van der Waals surface area contributed by atoms with E-state index >= 15 is 0 Å². The van der Waals surface area contributed by atoms with E-state index in [0.29, 0.717) is 6.04 Å². The predicted octanol–water partition coefficient (Wildman–Crippen LogP) is 3.46. The molecule has 0 N–H and O–H groups in total. The number of hydrogen-bond donors (Lipinski definition) is 0. The molecule has 0 aromatic heterocycles. The average Bonchev–Trinajstić information content (AvgIpc) is 2.15. The van der Waals surface area contributed by atoms with E-state index in [2.05, 4.69) is 19.1 Å². The monoisotopic (exact) mass is 157 g/mol. The zero-order valence-electron chi connectivity index (χ0n) is 8.39. The van der Waals surface area contributed by atoms with E-state index in [-0.39, 0.29) is 0 Å². The minimum Gasteiger partial charge on any atom is -0.0616 e. The van der Waals surface area contributed by atoms with Gasteiger partial charge in [-0.05, 0) is 35.7 Å². The van der Waals surface area contributed by atoms with E-state index in [1.165, 1.54) is 10.9 Å². The molecule has 12 heavy (non-hydrogen) atoms. The van der Waals surface area contributed by atoms with Crippen molar-refractivity contribution in [1.82, 2.24) is 0 Å². The topological polar surface area (TPSA) is 0 Å². The highest BCUT2D eigenvalue weighted by Gasteiger charge is 1.97. The largest absolute Gasteiger partial charge is 0.0626 e. The predicted molar refractivity (Wildman–Crippen MR) is 53.4 cm³/mol. The smallest absolute Gasteiger partial charge is 0.0616 e. The van der Waals surface area contributed by atoms with Crippen molar-refractivity contribution in [1.29, 1.82) is 0 Å². The molecular formula is C12H12. The Labute approximate surface area is 74.2 Å². The van der Waals surface area contributed by atoms with Crippen molar-refractivity contribution < 1.29 is 1.37 Å². The zero-order valence-corrected chi connectivity index (χ0v) is 7.39. The Bertz CT molecular complexity index is 458. The van der Waals surface area contributed by atoms with Crippen LogP contribution < -0.4 is 0 Å². The van der Waals surface area contributed by atoms with Crippen molar-refractivity contribution in [3.8, 4) is 0 Å². The molecule has 0 aliphatic rings. The van der Waals surface area contributed by atoms with Gasteiger partial charge in [-0.3, -0.25) is 0 Å². The molecule has 2 aromatic carbocycles. The fraction of sp³-hybridized carbons (Fsp3) is 0.167. The minimum absolute atomic E-state index is 0.635. The van der Waals surface area contributed by atoms with Gasteiger partial charge in [-0.1, -0.05) is 36.4 Å². The third kappa shape index (κ3) is 1.00. The summed E-state index contributed by atoms with van der Waals surface area (Å²) in [6.07, 6.45) is 0. The van der Waals surface area contributed by atoms with Crippen molar-refractivity contribution in [2.24, 2.45) is 0 Å². The van der Waals surface area contributed by atoms with Gasteiger partial charge >= 0.3 is 0 Å². The molecule has 0 fully saturated rings. The highest BCUT2D eigenvalue weighted by molar-refractivity contribution is 5.86. The van der Waals surface area contributed by atoms with Crippen LogP contribution in [0.1, 0.15) is 12.5 Å². The molecular weight excluding hydrogens is 144 g/mol. The van der Waals surface area contributed by atoms with Crippen LogP contribution in [0.2, 0.25) is 0 Å². The van der Waals surface area contributed by atoms with Crippen molar-refractivity contribution in [3.05, 3.63) is 47.5 Å². The second-order valence-corrected chi connectivity index (χ2v) is 3.13. The third-order valence-corrected chi connectivity index (χ3v) is 2.37. The number of fused-ring (bicyclic) bond motifs is 1. The van der Waals surface area contributed by atoms with E-state index in [4.69, 9.17) is 1.37 Å². The van der Waals surface area contributed by atoms with Crippen LogP contribution in [0.15, 0.2) is 36.4 Å². The van der Waals surface area contributed by atoms with E-state index in [1.54, 1.807) is 0 Å². The molecule has 0 unspecified atom stereocenters. The highest BCUT2D eigenvalue weighted by atomic mass is 14.0. The quantitative estimate of drug-likeness (QED) is 0.549. The summed E-state index contributed by atoms with van der Waals surface area (Å²) in [6.45, 7) is 4.08. The van der Waals surface area contributed by atoms with Gasteiger partial charge in [-0.2, -0.15) is 0 Å². The number of benzene rings is 2. The second-order valence-electron chi connectivity index (χ2n) is 3.13. The molecule has 0 aliphatic carbocycles. The van der Waals surface area contributed by atoms with Gasteiger partial charge in [0.25, 0.3) is 0 Å². The van der Waals surface area contributed by atoms with Gasteiger partial charge in [0, 0.05) is 0 Å². The Morgan fingerprint density at radius 1 is 1.08 bits per heavy atom. The van der Waals surface area contributed by atoms with Gasteiger partial charge in [0.2, 0.25) is 0 Å². The van der Waals surface area contributed by atoms with Crippen molar-refractivity contribution in [3.63, 3.8) is 0 Å². The fourth-order valence-corrected chi connectivity index (χ4v) is 1.46. The van der Waals surface area contributed by atoms with Crippen LogP contribution in [0, 0.1) is 13.8 Å². The summed E-state index contributed by atoms with van der Waals surface area (Å²) >= 11 is 0. The van der Waals surface area contributed by atoms with Crippen LogP contribution in [0.3, 0.4) is 0 Å². The molecule has 0 aliphatic heterocycles. The Kier molecular flexibility index (Phi) is 1.37. The first-order chi connectivity index (χ1) is 6.20. The van der Waals surface area contributed by atoms with Crippen LogP contribution in [0.5, 0.6) is 0 Å². The van der Waals surface area contributed by atoms with Crippen molar-refractivity contribution in [2.45, 2.75) is 13.8 Å². The lowest BCUT2D eigenvalue weighted by Crippen LogP contribution is -1.82. The van der Waals surface area contributed by atoms with Crippen LogP contribution in [0.4, 0.5) is 0 Å². The summed E-state index contributed by atoms with van der Waals surface area (Å²) in [5.74, 6) is 0. The van der Waals surface area contributed by atoms with Gasteiger partial charge in [0.15, 0.2) is 0 Å². The first-order valence-electron chi connectivity index (χ1n) is 4.65. The Morgan fingerprint density at radius 3 is 2.67 bits per heavy atom. The number of aryl methyl sites for hydroxylation is 1. The molecule has 2 aromatic rings. The van der Waals surface area contributed by atoms with Crippen LogP contribution >= 0.6 is 0 Å². The van der Waals surface area contributed by atoms with Gasteiger partial charge in [-0.15, -0.1) is 0 Å². The lowest BCUT2D eigenvalue weighted by atomic mass is 10.0. The summed E-state index contributed by atoms with van der Waals surface area (Å²) in [5, 5.41) is 2.42. The molecule has 0 atom stereocenters. The summed E-state index contributed by atoms with van der Waals surface area (Å²) in [5.41, 5.74) is 2.31. The van der Waals surface area contributed by atoms with Gasteiger partial charge in [0.05, 0.1) is 1.37 Å². The molecule has 0 saturated heterocycles. The Morgan fingerprint density at radius 2 is 1.83 bits per heavy atom. The Balaban J connectivity index is 2.94. The van der Waals surface area contributed by atoms with Gasteiger partial charge in [-0.25, -0.2) is 0 Å². The summed E-state index contributed by atoms with van der Waals surface area (Å²) < 4.78 is 7.74. The summed E-state index contributed by atoms with van der Waals surface area (Å²) in [7, 11) is 0. The standard InChI is InChI=1S/C12H12/c1-9-7-8-11-5-3-4-6-12(11)10(9)2/h3-8H,1-2H3/i7D. The molecule has 2 rings (SSSR count). The number of rotatable bonds is 0. The highest BCUT2D eigenvalue weighted by Crippen LogP contribution is 2.20. The first-order valence-corrected chi connectivity index (χ1v) is 4.15. The van der Waals surface area contributed by atoms with E-state index < -0.39 is 0 Å². The molecule has 0 spiro atoms. The SMILES string of the molecule is [2H]c1cc2ccccc2c(C)c1C.